The van der Waals surface area contributed by atoms with Crippen LogP contribution in [0.15, 0.2) is 0 Å². The molecule has 0 aromatic carbocycles. The van der Waals surface area contributed by atoms with Crippen LogP contribution in [0.5, 0.6) is 0 Å². The molecule has 0 aliphatic heterocycles. The summed E-state index contributed by atoms with van der Waals surface area (Å²) in [4.78, 5) is 13.9. The maximum atomic E-state index is 12.1. The average Bonchev–Trinajstić information content (AvgIpc) is 2.78. The molecule has 110 valence electrons. The van der Waals surface area contributed by atoms with Gasteiger partial charge in [-0.15, -0.1) is 0 Å². The van der Waals surface area contributed by atoms with Gasteiger partial charge in [-0.3, -0.25) is 0 Å². The third kappa shape index (κ3) is 4.10. The van der Waals surface area contributed by atoms with Crippen LogP contribution in [0.1, 0.15) is 51.9 Å². The standard InChI is InChI=1S/C15H28N2O2/c1-11-6-8-13(9-7-11)16-15(19)17(2)10-12-4-3-5-14(12)18/h11-14,18H,3-10H2,1-2H3,(H,16,19). The highest BCUT2D eigenvalue weighted by molar-refractivity contribution is 5.74. The number of rotatable bonds is 3. The molecule has 2 saturated carbocycles. The van der Waals surface area contributed by atoms with Gasteiger partial charge >= 0.3 is 6.03 Å². The Hall–Kier alpha value is -0.770. The monoisotopic (exact) mass is 268 g/mol. The molecule has 2 aliphatic carbocycles. The number of carbonyl (C=O) groups excluding carboxylic acids is 1. The molecule has 0 spiro atoms. The van der Waals surface area contributed by atoms with Crippen LogP contribution >= 0.6 is 0 Å². The predicted molar refractivity (Wildman–Crippen MR) is 75.9 cm³/mol. The molecule has 0 bridgehead atoms. The van der Waals surface area contributed by atoms with Crippen LogP contribution in [-0.2, 0) is 0 Å². The first kappa shape index (κ1) is 14.6. The van der Waals surface area contributed by atoms with E-state index in [2.05, 4.69) is 12.2 Å². The summed E-state index contributed by atoms with van der Waals surface area (Å²) < 4.78 is 0. The summed E-state index contributed by atoms with van der Waals surface area (Å²) in [5, 5.41) is 12.9. The number of aliphatic hydroxyl groups excluding tert-OH is 1. The molecule has 0 aromatic heterocycles. The molecular formula is C15H28N2O2. The van der Waals surface area contributed by atoms with Crippen LogP contribution in [0.4, 0.5) is 4.79 Å². The normalized spacial score (nSPS) is 35.1. The molecule has 0 aromatic rings. The van der Waals surface area contributed by atoms with E-state index < -0.39 is 0 Å². The number of nitrogens with zero attached hydrogens (tertiary/aromatic N) is 1. The van der Waals surface area contributed by atoms with E-state index in [0.29, 0.717) is 12.6 Å². The molecule has 4 nitrogen and oxygen atoms in total. The first-order valence-corrected chi connectivity index (χ1v) is 7.76. The van der Waals surface area contributed by atoms with Gasteiger partial charge in [-0.1, -0.05) is 13.3 Å². The van der Waals surface area contributed by atoms with Crippen LogP contribution in [0.2, 0.25) is 0 Å². The van der Waals surface area contributed by atoms with Gasteiger partial charge in [0.15, 0.2) is 0 Å². The summed E-state index contributed by atoms with van der Waals surface area (Å²) in [5.41, 5.74) is 0. The summed E-state index contributed by atoms with van der Waals surface area (Å²) in [6.07, 6.45) is 7.44. The van der Waals surface area contributed by atoms with E-state index in [1.54, 1.807) is 4.90 Å². The van der Waals surface area contributed by atoms with Gasteiger partial charge in [0.25, 0.3) is 0 Å². The third-order valence-electron chi connectivity index (χ3n) is 4.82. The summed E-state index contributed by atoms with van der Waals surface area (Å²) >= 11 is 0. The van der Waals surface area contributed by atoms with Crippen LogP contribution in [-0.4, -0.2) is 41.8 Å². The molecule has 0 saturated heterocycles. The molecule has 19 heavy (non-hydrogen) atoms. The number of nitrogens with one attached hydrogen (secondary N) is 1. The van der Waals surface area contributed by atoms with Crippen molar-refractivity contribution in [2.75, 3.05) is 13.6 Å². The smallest absolute Gasteiger partial charge is 0.317 e. The van der Waals surface area contributed by atoms with Crippen molar-refractivity contribution in [1.29, 1.82) is 0 Å². The Morgan fingerprint density at radius 2 is 1.89 bits per heavy atom. The van der Waals surface area contributed by atoms with Crippen LogP contribution < -0.4 is 5.32 Å². The van der Waals surface area contributed by atoms with Gasteiger partial charge in [0.1, 0.15) is 0 Å². The van der Waals surface area contributed by atoms with E-state index in [1.807, 2.05) is 7.05 Å². The molecule has 2 atom stereocenters. The molecule has 2 aliphatic rings. The van der Waals surface area contributed by atoms with Crippen LogP contribution in [0.3, 0.4) is 0 Å². The Morgan fingerprint density at radius 3 is 2.47 bits per heavy atom. The second-order valence-electron chi connectivity index (χ2n) is 6.55. The molecule has 2 N–H and O–H groups in total. The highest BCUT2D eigenvalue weighted by Crippen LogP contribution is 2.26. The average molecular weight is 268 g/mol. The van der Waals surface area contributed by atoms with Crippen molar-refractivity contribution in [2.45, 2.75) is 64.0 Å². The fourth-order valence-electron chi connectivity index (χ4n) is 3.35. The van der Waals surface area contributed by atoms with E-state index in [1.165, 1.54) is 12.8 Å². The fraction of sp³-hybridized carbons (Fsp3) is 0.933. The first-order valence-electron chi connectivity index (χ1n) is 7.76. The van der Waals surface area contributed by atoms with Gasteiger partial charge in [0, 0.05) is 25.6 Å². The van der Waals surface area contributed by atoms with Gasteiger partial charge in [0.2, 0.25) is 0 Å². The molecular weight excluding hydrogens is 240 g/mol. The van der Waals surface area contributed by atoms with E-state index >= 15 is 0 Å². The SMILES string of the molecule is CC1CCC(NC(=O)N(C)CC2CCCC2O)CC1. The lowest BCUT2D eigenvalue weighted by atomic mass is 9.87. The quantitative estimate of drug-likeness (QED) is 0.825. The van der Waals surface area contributed by atoms with Crippen molar-refractivity contribution in [3.63, 3.8) is 0 Å². The Kier molecular flexibility index (Phi) is 5.08. The number of amides is 2. The zero-order chi connectivity index (χ0) is 13.8. The van der Waals surface area contributed by atoms with Gasteiger partial charge in [-0.25, -0.2) is 4.79 Å². The molecule has 2 unspecified atom stereocenters. The highest BCUT2D eigenvalue weighted by Gasteiger charge is 2.28. The summed E-state index contributed by atoms with van der Waals surface area (Å²) in [6, 6.07) is 0.373. The molecule has 0 radical (unpaired) electrons. The fourth-order valence-corrected chi connectivity index (χ4v) is 3.35. The maximum Gasteiger partial charge on any atom is 0.317 e. The second-order valence-corrected chi connectivity index (χ2v) is 6.55. The zero-order valence-electron chi connectivity index (χ0n) is 12.3. The van der Waals surface area contributed by atoms with Gasteiger partial charge in [-0.2, -0.15) is 0 Å². The van der Waals surface area contributed by atoms with Crippen molar-refractivity contribution in [1.82, 2.24) is 10.2 Å². The highest BCUT2D eigenvalue weighted by atomic mass is 16.3. The van der Waals surface area contributed by atoms with Crippen molar-refractivity contribution in [2.24, 2.45) is 11.8 Å². The minimum atomic E-state index is -0.217. The molecule has 2 rings (SSSR count). The Bertz CT molecular complexity index is 301. The predicted octanol–water partition coefficient (Wildman–Crippen LogP) is 2.37. The summed E-state index contributed by atoms with van der Waals surface area (Å²) in [6.45, 7) is 2.96. The largest absolute Gasteiger partial charge is 0.393 e. The molecule has 0 heterocycles. The maximum absolute atomic E-state index is 12.1. The van der Waals surface area contributed by atoms with E-state index in [4.69, 9.17) is 0 Å². The lowest BCUT2D eigenvalue weighted by Gasteiger charge is -2.30. The molecule has 2 fully saturated rings. The number of carbonyl (C=O) groups is 1. The number of aliphatic hydroxyl groups is 1. The Labute approximate surface area is 116 Å². The van der Waals surface area contributed by atoms with Crippen LogP contribution in [0.25, 0.3) is 0 Å². The van der Waals surface area contributed by atoms with E-state index in [-0.39, 0.29) is 18.1 Å². The van der Waals surface area contributed by atoms with Gasteiger partial charge in [0.05, 0.1) is 6.10 Å². The summed E-state index contributed by atoms with van der Waals surface area (Å²) in [5.74, 6) is 1.07. The minimum Gasteiger partial charge on any atom is -0.393 e. The Morgan fingerprint density at radius 1 is 1.21 bits per heavy atom. The van der Waals surface area contributed by atoms with Crippen molar-refractivity contribution < 1.29 is 9.90 Å². The van der Waals surface area contributed by atoms with Crippen molar-refractivity contribution in [3.8, 4) is 0 Å². The first-order chi connectivity index (χ1) is 9.06. The van der Waals surface area contributed by atoms with Crippen molar-refractivity contribution >= 4 is 6.03 Å². The van der Waals surface area contributed by atoms with E-state index in [0.717, 1.165) is 38.0 Å². The number of urea groups is 1. The van der Waals surface area contributed by atoms with Crippen LogP contribution in [0, 0.1) is 11.8 Å². The molecule has 4 heteroatoms. The lowest BCUT2D eigenvalue weighted by molar-refractivity contribution is 0.113. The number of hydrogen-bond acceptors (Lipinski definition) is 2. The zero-order valence-corrected chi connectivity index (χ0v) is 12.3. The number of hydrogen-bond donors (Lipinski definition) is 2. The van der Waals surface area contributed by atoms with Gasteiger partial charge in [-0.05, 0) is 44.4 Å². The third-order valence-corrected chi connectivity index (χ3v) is 4.82. The molecule has 2 amide bonds. The van der Waals surface area contributed by atoms with Gasteiger partial charge < -0.3 is 15.3 Å². The minimum absolute atomic E-state index is 0.0265. The van der Waals surface area contributed by atoms with E-state index in [9.17, 15) is 9.90 Å². The Balaban J connectivity index is 1.73. The summed E-state index contributed by atoms with van der Waals surface area (Å²) in [7, 11) is 1.84. The topological polar surface area (TPSA) is 52.6 Å². The second kappa shape index (κ2) is 6.60. The van der Waals surface area contributed by atoms with Crippen molar-refractivity contribution in [3.05, 3.63) is 0 Å². The lowest BCUT2D eigenvalue weighted by Crippen LogP contribution is -2.46.